The summed E-state index contributed by atoms with van der Waals surface area (Å²) in [6.07, 6.45) is 5.43. The lowest BCUT2D eigenvalue weighted by Gasteiger charge is -2.08. The van der Waals surface area contributed by atoms with Gasteiger partial charge in [-0.05, 0) is 29.1 Å². The zero-order valence-electron chi connectivity index (χ0n) is 16.1. The Bertz CT molecular complexity index is 1430. The maximum Gasteiger partial charge on any atom is 0.145 e. The minimum atomic E-state index is -0.343. The molecule has 0 aliphatic rings. The number of nitrogen functional groups attached to an aromatic ring is 1. The van der Waals surface area contributed by atoms with Crippen molar-refractivity contribution in [2.75, 3.05) is 5.73 Å². The number of nitrogens with zero attached hydrogens (tertiary/aromatic N) is 4. The van der Waals surface area contributed by atoms with Crippen molar-refractivity contribution in [3.8, 4) is 11.1 Å². The Kier molecular flexibility index (Phi) is 4.37. The number of anilines is 1. The Hall–Kier alpha value is -3.51. The minimum absolute atomic E-state index is 0.324. The molecule has 5 rings (SSSR count). The zero-order valence-corrected chi connectivity index (χ0v) is 16.9. The van der Waals surface area contributed by atoms with Gasteiger partial charge < -0.3 is 10.3 Å². The number of fused-ring (bicyclic) bond motifs is 2. The van der Waals surface area contributed by atoms with Crippen molar-refractivity contribution < 1.29 is 4.39 Å². The largest absolute Gasteiger partial charge is 0.383 e. The lowest BCUT2D eigenvalue weighted by Crippen LogP contribution is -1.96. The SMILES string of the molecule is Cn1cc(-c2ccc3cc(Cc4cccc(Cl)c4)ncc3c2F)c2c(N)ncnc21. The van der Waals surface area contributed by atoms with Gasteiger partial charge in [0.15, 0.2) is 0 Å². The smallest absolute Gasteiger partial charge is 0.145 e. The molecular weight excluding hydrogens is 401 g/mol. The third-order valence-electron chi connectivity index (χ3n) is 5.24. The highest BCUT2D eigenvalue weighted by Crippen LogP contribution is 2.36. The highest BCUT2D eigenvalue weighted by molar-refractivity contribution is 6.30. The van der Waals surface area contributed by atoms with E-state index in [1.807, 2.05) is 54.2 Å². The van der Waals surface area contributed by atoms with E-state index in [0.29, 0.717) is 44.8 Å². The van der Waals surface area contributed by atoms with Crippen LogP contribution in [0.15, 0.2) is 61.2 Å². The third-order valence-corrected chi connectivity index (χ3v) is 5.48. The van der Waals surface area contributed by atoms with Gasteiger partial charge in [-0.15, -0.1) is 0 Å². The van der Waals surface area contributed by atoms with Crippen LogP contribution in [0.5, 0.6) is 0 Å². The molecule has 0 unspecified atom stereocenters. The van der Waals surface area contributed by atoms with Gasteiger partial charge >= 0.3 is 0 Å². The fourth-order valence-corrected chi connectivity index (χ4v) is 4.04. The lowest BCUT2D eigenvalue weighted by atomic mass is 10.00. The van der Waals surface area contributed by atoms with Gasteiger partial charge in [0, 0.05) is 53.1 Å². The summed E-state index contributed by atoms with van der Waals surface area (Å²) in [5.74, 6) is -0.0184. The van der Waals surface area contributed by atoms with Gasteiger partial charge in [0.05, 0.1) is 5.39 Å². The molecule has 0 aliphatic carbocycles. The number of rotatable bonds is 3. The van der Waals surface area contributed by atoms with E-state index < -0.39 is 0 Å². The molecule has 0 radical (unpaired) electrons. The predicted molar refractivity (Wildman–Crippen MR) is 118 cm³/mol. The van der Waals surface area contributed by atoms with Crippen molar-refractivity contribution in [3.63, 3.8) is 0 Å². The average molecular weight is 418 g/mol. The molecule has 2 N–H and O–H groups in total. The van der Waals surface area contributed by atoms with E-state index in [4.69, 9.17) is 17.3 Å². The summed E-state index contributed by atoms with van der Waals surface area (Å²) >= 11 is 6.07. The number of nitrogens with two attached hydrogens (primary N) is 1. The standard InChI is InChI=1S/C23H17ClFN5/c1-30-11-19(20-22(26)28-12-29-23(20)30)17-6-5-14-9-16(27-10-18(14)21(17)25)8-13-3-2-4-15(24)7-13/h2-7,9-12H,8H2,1H3,(H2,26,28,29). The number of aryl methyl sites for hydroxylation is 1. The highest BCUT2D eigenvalue weighted by Gasteiger charge is 2.18. The Morgan fingerprint density at radius 2 is 1.93 bits per heavy atom. The Morgan fingerprint density at radius 3 is 2.77 bits per heavy atom. The maximum atomic E-state index is 15.5. The van der Waals surface area contributed by atoms with Crippen LogP contribution in [-0.4, -0.2) is 19.5 Å². The first-order valence-electron chi connectivity index (χ1n) is 9.38. The van der Waals surface area contributed by atoms with Crippen LogP contribution in [0.4, 0.5) is 10.2 Å². The monoisotopic (exact) mass is 417 g/mol. The van der Waals surface area contributed by atoms with E-state index in [1.165, 1.54) is 6.33 Å². The van der Waals surface area contributed by atoms with Gasteiger partial charge in [0.2, 0.25) is 0 Å². The zero-order chi connectivity index (χ0) is 20.8. The molecule has 0 saturated carbocycles. The summed E-state index contributed by atoms with van der Waals surface area (Å²) in [4.78, 5) is 12.8. The third kappa shape index (κ3) is 3.06. The number of pyridine rings is 1. The molecule has 5 nitrogen and oxygen atoms in total. The molecule has 2 aromatic carbocycles. The van der Waals surface area contributed by atoms with Crippen LogP contribution in [-0.2, 0) is 13.5 Å². The van der Waals surface area contributed by atoms with Crippen molar-refractivity contribution >= 4 is 39.2 Å². The summed E-state index contributed by atoms with van der Waals surface area (Å²) in [6.45, 7) is 0. The van der Waals surface area contributed by atoms with Crippen molar-refractivity contribution in [2.24, 2.45) is 7.05 Å². The second-order valence-corrected chi connectivity index (χ2v) is 7.68. The van der Waals surface area contributed by atoms with Crippen molar-refractivity contribution in [3.05, 3.63) is 83.3 Å². The van der Waals surface area contributed by atoms with E-state index >= 15 is 4.39 Å². The first-order valence-corrected chi connectivity index (χ1v) is 9.76. The molecule has 5 aromatic rings. The van der Waals surface area contributed by atoms with Crippen LogP contribution in [0, 0.1) is 5.82 Å². The number of hydrogen-bond acceptors (Lipinski definition) is 4. The summed E-state index contributed by atoms with van der Waals surface area (Å²) in [7, 11) is 1.85. The summed E-state index contributed by atoms with van der Waals surface area (Å²) in [5.41, 5.74) is 9.73. The van der Waals surface area contributed by atoms with Crippen LogP contribution in [0.25, 0.3) is 32.9 Å². The quantitative estimate of drug-likeness (QED) is 0.440. The van der Waals surface area contributed by atoms with E-state index in [0.717, 1.165) is 16.6 Å². The molecular formula is C23H17ClFN5. The topological polar surface area (TPSA) is 69.6 Å². The van der Waals surface area contributed by atoms with Crippen LogP contribution in [0.1, 0.15) is 11.3 Å². The maximum absolute atomic E-state index is 15.5. The minimum Gasteiger partial charge on any atom is -0.383 e. The first kappa shape index (κ1) is 18.5. The van der Waals surface area contributed by atoms with Gasteiger partial charge in [0.25, 0.3) is 0 Å². The van der Waals surface area contributed by atoms with Gasteiger partial charge in [-0.3, -0.25) is 4.98 Å². The molecule has 0 bridgehead atoms. The number of benzene rings is 2. The summed E-state index contributed by atoms with van der Waals surface area (Å²) in [6, 6.07) is 13.2. The summed E-state index contributed by atoms with van der Waals surface area (Å²) in [5, 5.41) is 2.56. The van der Waals surface area contributed by atoms with E-state index in [-0.39, 0.29) is 5.82 Å². The molecule has 0 aliphatic heterocycles. The van der Waals surface area contributed by atoms with Crippen molar-refractivity contribution in [1.29, 1.82) is 0 Å². The van der Waals surface area contributed by atoms with Crippen LogP contribution in [0.2, 0.25) is 5.02 Å². The molecule has 0 saturated heterocycles. The molecule has 0 atom stereocenters. The van der Waals surface area contributed by atoms with Gasteiger partial charge in [-0.25, -0.2) is 14.4 Å². The molecule has 7 heteroatoms. The van der Waals surface area contributed by atoms with Crippen LogP contribution in [0.3, 0.4) is 0 Å². The highest BCUT2D eigenvalue weighted by atomic mass is 35.5. The second-order valence-electron chi connectivity index (χ2n) is 7.24. The Balaban J connectivity index is 1.60. The molecule has 0 spiro atoms. The number of hydrogen-bond donors (Lipinski definition) is 1. The number of aromatic nitrogens is 4. The first-order chi connectivity index (χ1) is 14.5. The molecule has 30 heavy (non-hydrogen) atoms. The molecule has 3 heterocycles. The van der Waals surface area contributed by atoms with Gasteiger partial charge in [0.1, 0.15) is 23.6 Å². The molecule has 3 aromatic heterocycles. The van der Waals surface area contributed by atoms with E-state index in [1.54, 1.807) is 12.3 Å². The van der Waals surface area contributed by atoms with E-state index in [2.05, 4.69) is 15.0 Å². The lowest BCUT2D eigenvalue weighted by molar-refractivity contribution is 0.643. The Morgan fingerprint density at radius 1 is 1.07 bits per heavy atom. The van der Waals surface area contributed by atoms with Gasteiger partial charge in [-0.2, -0.15) is 0 Å². The van der Waals surface area contributed by atoms with E-state index in [9.17, 15) is 0 Å². The normalized spacial score (nSPS) is 11.4. The molecule has 148 valence electrons. The van der Waals surface area contributed by atoms with Crippen LogP contribution >= 0.6 is 11.6 Å². The van der Waals surface area contributed by atoms with Crippen molar-refractivity contribution in [2.45, 2.75) is 6.42 Å². The van der Waals surface area contributed by atoms with Gasteiger partial charge in [-0.1, -0.05) is 35.9 Å². The molecule has 0 amide bonds. The summed E-state index contributed by atoms with van der Waals surface area (Å²) < 4.78 is 17.3. The molecule has 0 fully saturated rings. The second kappa shape index (κ2) is 7.07. The fourth-order valence-electron chi connectivity index (χ4n) is 3.83. The number of halogens is 2. The predicted octanol–water partition coefficient (Wildman–Crippen LogP) is 5.15. The Labute approximate surface area is 177 Å². The van der Waals surface area contributed by atoms with Crippen LogP contribution < -0.4 is 5.73 Å². The van der Waals surface area contributed by atoms with Crippen molar-refractivity contribution in [1.82, 2.24) is 19.5 Å². The fraction of sp³-hybridized carbons (Fsp3) is 0.0870. The average Bonchev–Trinajstić information content (AvgIpc) is 3.06.